The summed E-state index contributed by atoms with van der Waals surface area (Å²) in [5.41, 5.74) is 8.90. The van der Waals surface area contributed by atoms with Crippen molar-refractivity contribution in [3.8, 4) is 6.07 Å². The first kappa shape index (κ1) is 11.7. The zero-order chi connectivity index (χ0) is 11.5. The van der Waals surface area contributed by atoms with Crippen LogP contribution in [0.25, 0.3) is 0 Å². The van der Waals surface area contributed by atoms with Crippen LogP contribution in [0.5, 0.6) is 0 Å². The van der Waals surface area contributed by atoms with E-state index < -0.39 is 5.54 Å². The van der Waals surface area contributed by atoms with Gasteiger partial charge in [0.2, 0.25) is 0 Å². The Hall–Kier alpha value is -1.33. The molecule has 2 N–H and O–H groups in total. The molecule has 1 aromatic carbocycles. The lowest BCUT2D eigenvalue weighted by Gasteiger charge is -2.16. The molecule has 1 atom stereocenters. The highest BCUT2D eigenvalue weighted by Gasteiger charge is 2.17. The van der Waals surface area contributed by atoms with Gasteiger partial charge >= 0.3 is 0 Å². The van der Waals surface area contributed by atoms with Crippen molar-refractivity contribution in [2.45, 2.75) is 39.2 Å². The topological polar surface area (TPSA) is 49.8 Å². The molecule has 0 aliphatic rings. The fourth-order valence-electron chi connectivity index (χ4n) is 1.52. The van der Waals surface area contributed by atoms with E-state index in [0.29, 0.717) is 6.42 Å². The Bertz CT molecular complexity index is 386. The van der Waals surface area contributed by atoms with Crippen molar-refractivity contribution in [2.75, 3.05) is 0 Å². The lowest BCUT2D eigenvalue weighted by Crippen LogP contribution is -2.34. The molecule has 2 nitrogen and oxygen atoms in total. The molecule has 0 aliphatic carbocycles. The minimum atomic E-state index is -0.712. The molecular formula is C13H18N2. The summed E-state index contributed by atoms with van der Waals surface area (Å²) in [7, 11) is 0. The van der Waals surface area contributed by atoms with Gasteiger partial charge in [0.15, 0.2) is 0 Å². The monoisotopic (exact) mass is 202 g/mol. The van der Waals surface area contributed by atoms with Gasteiger partial charge in [-0.15, -0.1) is 0 Å². The third-order valence-corrected chi connectivity index (χ3v) is 2.67. The molecule has 0 radical (unpaired) electrons. The molecule has 1 rings (SSSR count). The number of benzene rings is 1. The molecule has 0 amide bonds. The Morgan fingerprint density at radius 3 is 2.67 bits per heavy atom. The summed E-state index contributed by atoms with van der Waals surface area (Å²) < 4.78 is 0. The van der Waals surface area contributed by atoms with Crippen LogP contribution in [-0.2, 0) is 6.42 Å². The second-order valence-electron chi connectivity index (χ2n) is 4.46. The van der Waals surface area contributed by atoms with Crippen molar-refractivity contribution in [2.24, 2.45) is 5.73 Å². The van der Waals surface area contributed by atoms with Crippen molar-refractivity contribution in [3.05, 3.63) is 34.9 Å². The smallest absolute Gasteiger partial charge is 0.101 e. The van der Waals surface area contributed by atoms with Crippen LogP contribution < -0.4 is 5.73 Å². The average molecular weight is 202 g/mol. The Morgan fingerprint density at radius 2 is 2.07 bits per heavy atom. The normalized spacial score (nSPS) is 14.3. The highest BCUT2D eigenvalue weighted by Crippen LogP contribution is 2.16. The zero-order valence-corrected chi connectivity index (χ0v) is 9.67. The van der Waals surface area contributed by atoms with Gasteiger partial charge in [0, 0.05) is 0 Å². The maximum atomic E-state index is 8.82. The van der Waals surface area contributed by atoms with Crippen LogP contribution in [0.2, 0.25) is 0 Å². The molecule has 0 saturated heterocycles. The van der Waals surface area contributed by atoms with E-state index in [2.05, 4.69) is 38.1 Å². The summed E-state index contributed by atoms with van der Waals surface area (Å²) in [6.07, 6.45) is 1.57. The lowest BCUT2D eigenvalue weighted by atomic mass is 9.93. The Balaban J connectivity index is 2.74. The number of aryl methyl sites for hydroxylation is 3. The van der Waals surface area contributed by atoms with E-state index in [4.69, 9.17) is 11.0 Å². The van der Waals surface area contributed by atoms with Crippen LogP contribution in [0, 0.1) is 25.2 Å². The molecule has 0 heterocycles. The quantitative estimate of drug-likeness (QED) is 0.818. The van der Waals surface area contributed by atoms with Crippen LogP contribution in [-0.4, -0.2) is 5.54 Å². The summed E-state index contributed by atoms with van der Waals surface area (Å²) in [5.74, 6) is 0. The van der Waals surface area contributed by atoms with Crippen LogP contribution in [0.1, 0.15) is 30.0 Å². The molecule has 0 fully saturated rings. The molecule has 0 saturated carbocycles. The molecule has 1 unspecified atom stereocenters. The van der Waals surface area contributed by atoms with E-state index in [0.717, 1.165) is 6.42 Å². The van der Waals surface area contributed by atoms with Crippen LogP contribution in [0.3, 0.4) is 0 Å². The van der Waals surface area contributed by atoms with Gasteiger partial charge in [-0.05, 0) is 44.7 Å². The molecular weight excluding hydrogens is 184 g/mol. The molecule has 1 aromatic rings. The van der Waals surface area contributed by atoms with Gasteiger partial charge in [-0.1, -0.05) is 23.8 Å². The second kappa shape index (κ2) is 4.46. The van der Waals surface area contributed by atoms with Crippen molar-refractivity contribution in [3.63, 3.8) is 0 Å². The third-order valence-electron chi connectivity index (χ3n) is 2.67. The minimum absolute atomic E-state index is 0.702. The number of hydrogen-bond donors (Lipinski definition) is 1. The molecule has 0 aliphatic heterocycles. The number of rotatable bonds is 3. The van der Waals surface area contributed by atoms with E-state index >= 15 is 0 Å². The fourth-order valence-corrected chi connectivity index (χ4v) is 1.52. The van der Waals surface area contributed by atoms with Crippen molar-refractivity contribution >= 4 is 0 Å². The summed E-state index contributed by atoms with van der Waals surface area (Å²) in [6.45, 7) is 5.95. The van der Waals surface area contributed by atoms with Gasteiger partial charge in [-0.3, -0.25) is 0 Å². The van der Waals surface area contributed by atoms with E-state index in [1.807, 2.05) is 0 Å². The van der Waals surface area contributed by atoms with Gasteiger partial charge in [0.05, 0.1) is 6.07 Å². The first-order valence-electron chi connectivity index (χ1n) is 5.21. The van der Waals surface area contributed by atoms with Gasteiger partial charge in [-0.25, -0.2) is 0 Å². The molecule has 0 spiro atoms. The average Bonchev–Trinajstić information content (AvgIpc) is 2.20. The highest BCUT2D eigenvalue weighted by molar-refractivity contribution is 5.30. The van der Waals surface area contributed by atoms with Gasteiger partial charge in [0.25, 0.3) is 0 Å². The SMILES string of the molecule is Cc1ccc(C)c(CCC(C)(N)C#N)c1. The molecule has 2 heteroatoms. The Morgan fingerprint density at radius 1 is 1.40 bits per heavy atom. The van der Waals surface area contributed by atoms with Crippen molar-refractivity contribution in [1.82, 2.24) is 0 Å². The van der Waals surface area contributed by atoms with E-state index in [1.165, 1.54) is 16.7 Å². The predicted octanol–water partition coefficient (Wildman–Crippen LogP) is 2.48. The first-order valence-corrected chi connectivity index (χ1v) is 5.21. The van der Waals surface area contributed by atoms with Crippen LogP contribution in [0.15, 0.2) is 18.2 Å². The van der Waals surface area contributed by atoms with Crippen LogP contribution in [0.4, 0.5) is 0 Å². The van der Waals surface area contributed by atoms with Gasteiger partial charge in [0.1, 0.15) is 5.54 Å². The lowest BCUT2D eigenvalue weighted by molar-refractivity contribution is 0.545. The van der Waals surface area contributed by atoms with E-state index in [9.17, 15) is 0 Å². The molecule has 15 heavy (non-hydrogen) atoms. The molecule has 0 bridgehead atoms. The number of nitrogens with two attached hydrogens (primary N) is 1. The van der Waals surface area contributed by atoms with E-state index in [-0.39, 0.29) is 0 Å². The summed E-state index contributed by atoms with van der Waals surface area (Å²) in [5, 5.41) is 8.82. The third kappa shape index (κ3) is 3.38. The van der Waals surface area contributed by atoms with Crippen molar-refractivity contribution < 1.29 is 0 Å². The summed E-state index contributed by atoms with van der Waals surface area (Å²) >= 11 is 0. The zero-order valence-electron chi connectivity index (χ0n) is 9.67. The number of nitriles is 1. The Kier molecular flexibility index (Phi) is 3.49. The minimum Gasteiger partial charge on any atom is -0.314 e. The van der Waals surface area contributed by atoms with Crippen LogP contribution >= 0.6 is 0 Å². The highest BCUT2D eigenvalue weighted by atomic mass is 14.7. The second-order valence-corrected chi connectivity index (χ2v) is 4.46. The largest absolute Gasteiger partial charge is 0.314 e. The van der Waals surface area contributed by atoms with Crippen molar-refractivity contribution in [1.29, 1.82) is 5.26 Å². The van der Waals surface area contributed by atoms with E-state index in [1.54, 1.807) is 6.92 Å². The summed E-state index contributed by atoms with van der Waals surface area (Å²) in [4.78, 5) is 0. The fraction of sp³-hybridized carbons (Fsp3) is 0.462. The van der Waals surface area contributed by atoms with Gasteiger partial charge < -0.3 is 5.73 Å². The maximum Gasteiger partial charge on any atom is 0.101 e. The predicted molar refractivity (Wildman–Crippen MR) is 62.4 cm³/mol. The first-order chi connectivity index (χ1) is 6.94. The number of hydrogen-bond acceptors (Lipinski definition) is 2. The van der Waals surface area contributed by atoms with Gasteiger partial charge in [-0.2, -0.15) is 5.26 Å². The summed E-state index contributed by atoms with van der Waals surface area (Å²) in [6, 6.07) is 8.51. The maximum absolute atomic E-state index is 8.82. The molecule has 0 aromatic heterocycles. The standard InChI is InChI=1S/C13H18N2/c1-10-4-5-11(2)12(8-10)6-7-13(3,15)9-14/h4-5,8H,6-7,15H2,1-3H3. The molecule has 80 valence electrons. The Labute approximate surface area is 91.7 Å². The number of nitrogens with zero attached hydrogens (tertiary/aromatic N) is 1.